The number of nitrogens with zero attached hydrogens (tertiary/aromatic N) is 1. The van der Waals surface area contributed by atoms with Gasteiger partial charge >= 0.3 is 5.69 Å². The summed E-state index contributed by atoms with van der Waals surface area (Å²) >= 11 is 1.98. The number of amides is 1. The van der Waals surface area contributed by atoms with Gasteiger partial charge in [-0.3, -0.25) is 4.79 Å². The third kappa shape index (κ3) is 7.54. The van der Waals surface area contributed by atoms with Gasteiger partial charge in [0.15, 0.2) is 0 Å². The molecule has 4 aromatic rings. The van der Waals surface area contributed by atoms with Gasteiger partial charge < -0.3 is 29.6 Å². The Balaban J connectivity index is 1.61. The number of hydrogen-bond acceptors (Lipinski definition) is 6. The lowest BCUT2D eigenvalue weighted by Crippen LogP contribution is -2.35. The van der Waals surface area contributed by atoms with Crippen molar-refractivity contribution in [2.75, 3.05) is 38.9 Å². The number of carbonyl (C=O) groups is 1. The van der Waals surface area contributed by atoms with Crippen molar-refractivity contribution in [3.05, 3.63) is 98.2 Å². The van der Waals surface area contributed by atoms with Gasteiger partial charge in [0.2, 0.25) is 11.8 Å². The molecule has 0 unspecified atom stereocenters. The molecular weight excluding hydrogens is 644 g/mol. The maximum absolute atomic E-state index is 14.6. The van der Waals surface area contributed by atoms with Gasteiger partial charge in [0.25, 0.3) is 0 Å². The highest BCUT2D eigenvalue weighted by molar-refractivity contribution is 14.1. The molecule has 1 amide bonds. The molecule has 0 aliphatic carbocycles. The van der Waals surface area contributed by atoms with E-state index in [0.29, 0.717) is 41.3 Å². The van der Waals surface area contributed by atoms with Crippen LogP contribution in [-0.2, 0) is 14.3 Å². The molecule has 2 atom stereocenters. The number of methoxy groups -OCH3 is 1. The van der Waals surface area contributed by atoms with E-state index in [4.69, 9.17) is 14.2 Å². The maximum atomic E-state index is 14.6. The van der Waals surface area contributed by atoms with E-state index in [1.54, 1.807) is 44.4 Å². The first-order valence-electron chi connectivity index (χ1n) is 12.9. The van der Waals surface area contributed by atoms with Gasteiger partial charge in [-0.15, -0.1) is 0 Å². The van der Waals surface area contributed by atoms with Crippen molar-refractivity contribution < 1.29 is 28.5 Å². The molecule has 0 radical (unpaired) electrons. The largest absolute Gasteiger partial charge is 0.493 e. The van der Waals surface area contributed by atoms with Crippen LogP contribution in [0.2, 0.25) is 0 Å². The third-order valence-corrected chi connectivity index (χ3v) is 7.18. The Morgan fingerprint density at radius 3 is 2.44 bits per heavy atom. The van der Waals surface area contributed by atoms with Crippen LogP contribution in [0, 0.1) is 9.39 Å². The van der Waals surface area contributed by atoms with E-state index in [9.17, 15) is 19.1 Å². The van der Waals surface area contributed by atoms with Gasteiger partial charge in [-0.2, -0.15) is 0 Å². The van der Waals surface area contributed by atoms with E-state index in [1.807, 2.05) is 52.9 Å². The molecule has 0 saturated carbocycles. The molecule has 1 aromatic heterocycles. The SMILES string of the molecule is COCCOCCOc1ccc(-c2[nH]c(=O)n([C@H](C(=O)Nc3ccc(I)cc3F)[C@@H](C)c3ccccc3)c2O)cc1. The average Bonchev–Trinajstić information content (AvgIpc) is 3.26. The van der Waals surface area contributed by atoms with Crippen molar-refractivity contribution >= 4 is 34.2 Å². The van der Waals surface area contributed by atoms with Crippen LogP contribution >= 0.6 is 22.6 Å². The molecule has 41 heavy (non-hydrogen) atoms. The molecule has 4 rings (SSSR count). The van der Waals surface area contributed by atoms with Gasteiger partial charge in [-0.1, -0.05) is 37.3 Å². The summed E-state index contributed by atoms with van der Waals surface area (Å²) in [7, 11) is 1.60. The average molecular weight is 675 g/mol. The minimum Gasteiger partial charge on any atom is -0.493 e. The molecule has 9 nitrogen and oxygen atoms in total. The maximum Gasteiger partial charge on any atom is 0.329 e. The zero-order valence-corrected chi connectivity index (χ0v) is 24.8. The first-order valence-corrected chi connectivity index (χ1v) is 14.0. The normalized spacial score (nSPS) is 12.6. The van der Waals surface area contributed by atoms with E-state index < -0.39 is 35.3 Å². The van der Waals surface area contributed by atoms with E-state index in [2.05, 4.69) is 10.3 Å². The smallest absolute Gasteiger partial charge is 0.329 e. The van der Waals surface area contributed by atoms with Crippen molar-refractivity contribution in [3.8, 4) is 22.9 Å². The van der Waals surface area contributed by atoms with Crippen LogP contribution in [0.3, 0.4) is 0 Å². The molecule has 3 aromatic carbocycles. The number of aromatic amines is 1. The van der Waals surface area contributed by atoms with Gasteiger partial charge in [0, 0.05) is 22.2 Å². The van der Waals surface area contributed by atoms with Crippen LogP contribution < -0.4 is 15.7 Å². The van der Waals surface area contributed by atoms with Crippen molar-refractivity contribution in [2.24, 2.45) is 0 Å². The second-order valence-corrected chi connectivity index (χ2v) is 10.5. The van der Waals surface area contributed by atoms with Crippen LogP contribution in [-0.4, -0.2) is 54.1 Å². The fraction of sp³-hybridized carbons (Fsp3) is 0.267. The van der Waals surface area contributed by atoms with Crippen molar-refractivity contribution in [1.82, 2.24) is 9.55 Å². The fourth-order valence-electron chi connectivity index (χ4n) is 4.38. The summed E-state index contributed by atoms with van der Waals surface area (Å²) in [5, 5.41) is 13.9. The van der Waals surface area contributed by atoms with Crippen LogP contribution in [0.4, 0.5) is 10.1 Å². The number of carbonyl (C=O) groups excluding carboxylic acids is 1. The predicted octanol–water partition coefficient (Wildman–Crippen LogP) is 5.32. The van der Waals surface area contributed by atoms with Gasteiger partial charge in [-0.05, 0) is 70.6 Å². The molecule has 11 heteroatoms. The Bertz CT molecular complexity index is 1510. The highest BCUT2D eigenvalue weighted by Gasteiger charge is 2.33. The van der Waals surface area contributed by atoms with E-state index in [1.165, 1.54) is 12.1 Å². The lowest BCUT2D eigenvalue weighted by atomic mass is 9.92. The number of H-pyrrole nitrogens is 1. The third-order valence-electron chi connectivity index (χ3n) is 6.51. The lowest BCUT2D eigenvalue weighted by molar-refractivity contribution is -0.120. The number of halogens is 2. The summed E-state index contributed by atoms with van der Waals surface area (Å²) in [4.78, 5) is 29.6. The minimum absolute atomic E-state index is 0.0244. The summed E-state index contributed by atoms with van der Waals surface area (Å²) in [5.41, 5.74) is 0.707. The Morgan fingerprint density at radius 1 is 1.05 bits per heavy atom. The van der Waals surface area contributed by atoms with Crippen LogP contribution in [0.5, 0.6) is 11.6 Å². The predicted molar refractivity (Wildman–Crippen MR) is 162 cm³/mol. The summed E-state index contributed by atoms with van der Waals surface area (Å²) in [6, 6.07) is 19.1. The molecule has 0 fully saturated rings. The van der Waals surface area contributed by atoms with Gasteiger partial charge in [0.05, 0.1) is 25.5 Å². The molecule has 1 heterocycles. The molecule has 3 N–H and O–H groups in total. The van der Waals surface area contributed by atoms with E-state index in [0.717, 1.165) is 10.1 Å². The van der Waals surface area contributed by atoms with Crippen molar-refractivity contribution in [3.63, 3.8) is 0 Å². The topological polar surface area (TPSA) is 115 Å². The van der Waals surface area contributed by atoms with Crippen molar-refractivity contribution in [2.45, 2.75) is 18.9 Å². The number of rotatable bonds is 13. The molecule has 216 valence electrons. The standard InChI is InChI=1S/C30H31FIN3O6/c1-19(20-6-4-3-5-7-20)27(28(36)33-25-13-10-22(32)18-24(25)31)35-29(37)26(34-30(35)38)21-8-11-23(12-9-21)41-17-16-40-15-14-39-2/h3-13,18-19,27,37H,14-17H2,1-2H3,(H,33,36)(H,34,38)/t19-,27-/m0/s1. The zero-order chi connectivity index (χ0) is 29.4. The lowest BCUT2D eigenvalue weighted by Gasteiger charge is -2.25. The number of hydrogen-bond donors (Lipinski definition) is 3. The fourth-order valence-corrected chi connectivity index (χ4v) is 4.84. The molecular formula is C30H31FIN3O6. The molecule has 0 aliphatic heterocycles. The highest BCUT2D eigenvalue weighted by Crippen LogP contribution is 2.36. The Hall–Kier alpha value is -3.68. The first kappa shape index (κ1) is 30.3. The molecule has 0 saturated heterocycles. The molecule has 0 spiro atoms. The quantitative estimate of drug-likeness (QED) is 0.131. The van der Waals surface area contributed by atoms with Crippen LogP contribution in [0.15, 0.2) is 77.6 Å². The number of aromatic nitrogens is 2. The number of anilines is 1. The highest BCUT2D eigenvalue weighted by atomic mass is 127. The monoisotopic (exact) mass is 675 g/mol. The number of benzene rings is 3. The summed E-state index contributed by atoms with van der Waals surface area (Å²) < 4.78 is 32.3. The second kappa shape index (κ2) is 14.3. The Labute approximate surface area is 250 Å². The van der Waals surface area contributed by atoms with Crippen molar-refractivity contribution in [1.29, 1.82) is 0 Å². The summed E-state index contributed by atoms with van der Waals surface area (Å²) in [5.74, 6) is -1.65. The van der Waals surface area contributed by atoms with Gasteiger partial charge in [-0.25, -0.2) is 13.8 Å². The van der Waals surface area contributed by atoms with E-state index in [-0.39, 0.29) is 11.4 Å². The number of ether oxygens (including phenoxy) is 3. The summed E-state index contributed by atoms with van der Waals surface area (Å²) in [6.45, 7) is 3.50. The Morgan fingerprint density at radius 2 is 1.76 bits per heavy atom. The van der Waals surface area contributed by atoms with Crippen LogP contribution in [0.25, 0.3) is 11.3 Å². The van der Waals surface area contributed by atoms with Gasteiger partial charge in [0.1, 0.15) is 29.9 Å². The van der Waals surface area contributed by atoms with Crippen LogP contribution in [0.1, 0.15) is 24.4 Å². The zero-order valence-electron chi connectivity index (χ0n) is 22.6. The number of aromatic hydroxyl groups is 1. The minimum atomic E-state index is -1.20. The number of nitrogens with one attached hydrogen (secondary N) is 2. The molecule has 0 bridgehead atoms. The molecule has 0 aliphatic rings. The second-order valence-electron chi connectivity index (χ2n) is 9.23. The Kier molecular flexibility index (Phi) is 10.6. The first-order chi connectivity index (χ1) is 19.8. The summed E-state index contributed by atoms with van der Waals surface area (Å²) in [6.07, 6.45) is 0. The number of imidazole rings is 1. The van der Waals surface area contributed by atoms with E-state index >= 15 is 0 Å².